The van der Waals surface area contributed by atoms with Crippen molar-refractivity contribution in [3.05, 3.63) is 33.9 Å². The molecule has 0 aliphatic carbocycles. The van der Waals surface area contributed by atoms with Gasteiger partial charge in [-0.15, -0.1) is 6.42 Å². The second kappa shape index (κ2) is 5.53. The van der Waals surface area contributed by atoms with E-state index in [4.69, 9.17) is 11.7 Å². The minimum absolute atomic E-state index is 0.141. The molecule has 0 spiro atoms. The first kappa shape index (κ1) is 12.5. The first-order valence-corrected chi connectivity index (χ1v) is 5.03. The fraction of sp³-hybridized carbons (Fsp3) is 0.250. The van der Waals surface area contributed by atoms with E-state index in [1.165, 1.54) is 18.2 Å². The van der Waals surface area contributed by atoms with E-state index < -0.39 is 4.92 Å². The summed E-state index contributed by atoms with van der Waals surface area (Å²) in [7, 11) is 0. The molecule has 0 fully saturated rings. The third-order valence-electron chi connectivity index (χ3n) is 2.26. The Bertz CT molecular complexity index is 511. The normalized spacial score (nSPS) is 11.0. The van der Waals surface area contributed by atoms with E-state index in [1.807, 2.05) is 13.0 Å². The summed E-state index contributed by atoms with van der Waals surface area (Å²) in [5, 5.41) is 22.4. The maximum absolute atomic E-state index is 10.9. The minimum Gasteiger partial charge on any atom is -0.366 e. The molecule has 86 valence electrons. The highest BCUT2D eigenvalue weighted by molar-refractivity contribution is 5.64. The summed E-state index contributed by atoms with van der Waals surface area (Å²) < 4.78 is 0. The van der Waals surface area contributed by atoms with Crippen molar-refractivity contribution < 1.29 is 4.92 Å². The molecule has 0 saturated carbocycles. The van der Waals surface area contributed by atoms with Crippen molar-refractivity contribution in [2.24, 2.45) is 0 Å². The van der Waals surface area contributed by atoms with Crippen LogP contribution in [0.15, 0.2) is 18.2 Å². The number of nitriles is 1. The first-order chi connectivity index (χ1) is 8.12. The second-order valence-electron chi connectivity index (χ2n) is 3.37. The van der Waals surface area contributed by atoms with Crippen molar-refractivity contribution in [2.45, 2.75) is 19.4 Å². The predicted octanol–water partition coefficient (Wildman–Crippen LogP) is 2.29. The highest BCUT2D eigenvalue weighted by atomic mass is 16.6. The van der Waals surface area contributed by atoms with Gasteiger partial charge in [0.15, 0.2) is 0 Å². The lowest BCUT2D eigenvalue weighted by atomic mass is 10.1. The molecule has 0 saturated heterocycles. The van der Waals surface area contributed by atoms with Crippen LogP contribution < -0.4 is 5.32 Å². The summed E-state index contributed by atoms with van der Waals surface area (Å²) in [6.45, 7) is 1.88. The molecule has 5 heteroatoms. The number of rotatable bonds is 4. The number of nitrogens with one attached hydrogen (secondary N) is 1. The van der Waals surface area contributed by atoms with Crippen molar-refractivity contribution >= 4 is 11.4 Å². The zero-order valence-electron chi connectivity index (χ0n) is 9.30. The Hall–Kier alpha value is -2.53. The zero-order chi connectivity index (χ0) is 12.8. The number of anilines is 1. The highest BCUT2D eigenvalue weighted by Crippen LogP contribution is 2.26. The van der Waals surface area contributed by atoms with Crippen molar-refractivity contribution in [1.82, 2.24) is 0 Å². The van der Waals surface area contributed by atoms with Crippen LogP contribution in [-0.4, -0.2) is 11.0 Å². The van der Waals surface area contributed by atoms with Gasteiger partial charge in [-0.1, -0.05) is 12.8 Å². The molecule has 1 N–H and O–H groups in total. The van der Waals surface area contributed by atoms with Crippen LogP contribution in [0.2, 0.25) is 0 Å². The maximum atomic E-state index is 10.9. The molecule has 1 unspecified atom stereocenters. The molecule has 0 aliphatic rings. The van der Waals surface area contributed by atoms with Crippen molar-refractivity contribution in [3.63, 3.8) is 0 Å². The third-order valence-corrected chi connectivity index (χ3v) is 2.26. The van der Waals surface area contributed by atoms with Gasteiger partial charge in [0.2, 0.25) is 0 Å². The van der Waals surface area contributed by atoms with Crippen LogP contribution in [0.4, 0.5) is 11.4 Å². The average Bonchev–Trinajstić information content (AvgIpc) is 2.35. The summed E-state index contributed by atoms with van der Waals surface area (Å²) in [6.07, 6.45) is 5.94. The Kier molecular flexibility index (Phi) is 4.08. The van der Waals surface area contributed by atoms with Gasteiger partial charge in [-0.25, -0.2) is 0 Å². The van der Waals surface area contributed by atoms with Gasteiger partial charge < -0.3 is 5.32 Å². The molecule has 1 aromatic carbocycles. The van der Waals surface area contributed by atoms with E-state index in [0.29, 0.717) is 12.1 Å². The van der Waals surface area contributed by atoms with E-state index in [9.17, 15) is 10.1 Å². The Labute approximate surface area is 99.2 Å². The molecule has 5 nitrogen and oxygen atoms in total. The SMILES string of the molecule is C#CC(CC)Nc1ccc(C#N)cc1[N+](=O)[O-]. The van der Waals surface area contributed by atoms with E-state index in [0.717, 1.165) is 0 Å². The zero-order valence-corrected chi connectivity index (χ0v) is 9.30. The average molecular weight is 229 g/mol. The lowest BCUT2D eigenvalue weighted by Gasteiger charge is -2.12. The fourth-order valence-corrected chi connectivity index (χ4v) is 1.32. The monoisotopic (exact) mass is 229 g/mol. The first-order valence-electron chi connectivity index (χ1n) is 5.03. The van der Waals surface area contributed by atoms with Gasteiger partial charge in [-0.3, -0.25) is 10.1 Å². The third kappa shape index (κ3) is 2.96. The Morgan fingerprint density at radius 3 is 2.82 bits per heavy atom. The Morgan fingerprint density at radius 1 is 1.65 bits per heavy atom. The highest BCUT2D eigenvalue weighted by Gasteiger charge is 2.16. The largest absolute Gasteiger partial charge is 0.366 e. The molecule has 0 radical (unpaired) electrons. The van der Waals surface area contributed by atoms with Gasteiger partial charge in [0.05, 0.1) is 22.6 Å². The molecule has 1 rings (SSSR count). The molecule has 1 aromatic rings. The topological polar surface area (TPSA) is 79.0 Å². The Morgan fingerprint density at radius 2 is 2.35 bits per heavy atom. The fourth-order valence-electron chi connectivity index (χ4n) is 1.32. The van der Waals surface area contributed by atoms with E-state index in [1.54, 1.807) is 0 Å². The number of nitro benzene ring substituents is 1. The van der Waals surface area contributed by atoms with Crippen LogP contribution in [0, 0.1) is 33.8 Å². The van der Waals surface area contributed by atoms with Gasteiger partial charge in [0.1, 0.15) is 5.69 Å². The number of nitrogens with zero attached hydrogens (tertiary/aromatic N) is 2. The van der Waals surface area contributed by atoms with Crippen molar-refractivity contribution in [1.29, 1.82) is 5.26 Å². The second-order valence-corrected chi connectivity index (χ2v) is 3.37. The van der Waals surface area contributed by atoms with Crippen LogP contribution >= 0.6 is 0 Å². The minimum atomic E-state index is -0.535. The smallest absolute Gasteiger partial charge is 0.293 e. The summed E-state index contributed by atoms with van der Waals surface area (Å²) in [4.78, 5) is 10.3. The van der Waals surface area contributed by atoms with Crippen LogP contribution in [0.5, 0.6) is 0 Å². The van der Waals surface area contributed by atoms with E-state index in [2.05, 4.69) is 11.2 Å². The van der Waals surface area contributed by atoms with Crippen LogP contribution in [-0.2, 0) is 0 Å². The quantitative estimate of drug-likeness (QED) is 0.488. The molecule has 1 atom stereocenters. The van der Waals surface area contributed by atoms with Crippen molar-refractivity contribution in [2.75, 3.05) is 5.32 Å². The number of terminal acetylenes is 1. The van der Waals surface area contributed by atoms with Crippen LogP contribution in [0.25, 0.3) is 0 Å². The summed E-state index contributed by atoms with van der Waals surface area (Å²) in [5.74, 6) is 2.50. The molecule has 0 bridgehead atoms. The molecular formula is C12H11N3O2. The molecule has 0 aromatic heterocycles. The number of benzene rings is 1. The summed E-state index contributed by atoms with van der Waals surface area (Å²) >= 11 is 0. The summed E-state index contributed by atoms with van der Waals surface area (Å²) in [5.41, 5.74) is 0.438. The van der Waals surface area contributed by atoms with Gasteiger partial charge >= 0.3 is 0 Å². The summed E-state index contributed by atoms with van der Waals surface area (Å²) in [6, 6.07) is 5.83. The predicted molar refractivity (Wildman–Crippen MR) is 64.3 cm³/mol. The molecule has 0 heterocycles. The van der Waals surface area contributed by atoms with Crippen LogP contribution in [0.1, 0.15) is 18.9 Å². The van der Waals surface area contributed by atoms with Gasteiger partial charge in [0, 0.05) is 6.07 Å². The lowest BCUT2D eigenvalue weighted by molar-refractivity contribution is -0.384. The molecule has 0 amide bonds. The Balaban J connectivity index is 3.12. The molecule has 17 heavy (non-hydrogen) atoms. The van der Waals surface area contributed by atoms with E-state index >= 15 is 0 Å². The van der Waals surface area contributed by atoms with Gasteiger partial charge in [-0.05, 0) is 18.6 Å². The van der Waals surface area contributed by atoms with Gasteiger partial charge in [-0.2, -0.15) is 5.26 Å². The van der Waals surface area contributed by atoms with E-state index in [-0.39, 0.29) is 17.3 Å². The van der Waals surface area contributed by atoms with Crippen LogP contribution in [0.3, 0.4) is 0 Å². The lowest BCUT2D eigenvalue weighted by Crippen LogP contribution is -2.16. The maximum Gasteiger partial charge on any atom is 0.293 e. The number of hydrogen-bond donors (Lipinski definition) is 1. The van der Waals surface area contributed by atoms with Crippen molar-refractivity contribution in [3.8, 4) is 18.4 Å². The standard InChI is InChI=1S/C12H11N3O2/c1-3-10(4-2)14-11-6-5-9(8-13)7-12(11)15(16)17/h1,5-7,10,14H,4H2,2H3. The molecular weight excluding hydrogens is 218 g/mol. The van der Waals surface area contributed by atoms with Gasteiger partial charge in [0.25, 0.3) is 5.69 Å². The number of nitro groups is 1. The number of hydrogen-bond acceptors (Lipinski definition) is 4. The molecule has 0 aliphatic heterocycles.